The standard InChI is InChI=1S/3C12H12.3C11H12N.C8H10.C7H10N/c1-9-7-11-5-3-4-6-12(11)8-10(9)2;2*1-9-7-8-11-5-3-4-6-12(11)10(9)2;1-9-7-10-5-3-4-6-11(10)8-12(9)2;1-9-11-6-4-3-5-10(11)7-8-12(9)2;1-9-7-8-10-5-3-4-6-11(10)12(9)2;2*1-7-5-3-4-6-8(7)2/h6*3-8H,1-2H3;2*3-6H,1-2H3/q;;;3*+1;;+1. The van der Waals surface area contributed by atoms with Crippen LogP contribution in [0.4, 0.5) is 0 Å². The summed E-state index contributed by atoms with van der Waals surface area (Å²) in [6.45, 7) is 25.7. The molecule has 4 aromatic heterocycles. The maximum atomic E-state index is 2.24. The molecule has 0 saturated carbocycles. The van der Waals surface area contributed by atoms with Crippen LogP contribution in [0.25, 0.3) is 64.8 Å². The van der Waals surface area contributed by atoms with Crippen molar-refractivity contribution in [2.45, 2.75) is 83.1 Å². The number of aryl methyl sites for hydroxylation is 16. The van der Waals surface area contributed by atoms with Crippen molar-refractivity contribution in [3.05, 3.63) is 335 Å². The maximum Gasteiger partial charge on any atom is 0.212 e. The number of fused-ring (bicyclic) bond motifs is 6. The molecule has 0 unspecified atom stereocenters. The van der Waals surface area contributed by atoms with Gasteiger partial charge in [-0.15, -0.1) is 0 Å². The molecule has 0 N–H and O–H groups in total. The molecule has 0 saturated heterocycles. The van der Waals surface area contributed by atoms with Gasteiger partial charge in [0.1, 0.15) is 28.2 Å². The second-order valence-corrected chi connectivity index (χ2v) is 23.1. The van der Waals surface area contributed by atoms with Crippen molar-refractivity contribution in [3.8, 4) is 0 Å². The van der Waals surface area contributed by atoms with Gasteiger partial charge in [0, 0.05) is 80.3 Å². The zero-order chi connectivity index (χ0) is 63.3. The molecule has 88 heavy (non-hydrogen) atoms. The molecular weight excluding hydrogens is 1060 g/mol. The van der Waals surface area contributed by atoms with E-state index >= 15 is 0 Å². The zero-order valence-electron chi connectivity index (χ0n) is 55.2. The van der Waals surface area contributed by atoms with Crippen LogP contribution in [0, 0.1) is 83.1 Å². The van der Waals surface area contributed by atoms with Gasteiger partial charge >= 0.3 is 0 Å². The largest absolute Gasteiger partial charge is 0.212 e. The van der Waals surface area contributed by atoms with Crippen LogP contribution in [-0.4, -0.2) is 0 Å². The first kappa shape index (κ1) is 65.9. The lowest BCUT2D eigenvalue weighted by molar-refractivity contribution is -0.677. The first-order valence-corrected chi connectivity index (χ1v) is 30.6. The first-order chi connectivity index (χ1) is 42.3. The fourth-order valence-electron chi connectivity index (χ4n) is 10.1. The van der Waals surface area contributed by atoms with E-state index in [2.05, 4.69) is 371 Å². The fourth-order valence-corrected chi connectivity index (χ4v) is 10.1. The third-order valence-corrected chi connectivity index (χ3v) is 17.0. The smallest absolute Gasteiger partial charge is 0.205 e. The van der Waals surface area contributed by atoms with Crippen molar-refractivity contribution in [2.75, 3.05) is 0 Å². The van der Waals surface area contributed by atoms with E-state index in [0.717, 1.165) is 0 Å². The third kappa shape index (κ3) is 18.2. The predicted octanol–water partition coefficient (Wildman–Crippen LogP) is 19.4. The van der Waals surface area contributed by atoms with Crippen LogP contribution in [0.2, 0.25) is 0 Å². The molecule has 444 valence electrons. The Morgan fingerprint density at radius 1 is 0.227 bits per heavy atom. The summed E-state index contributed by atoms with van der Waals surface area (Å²) < 4.78 is 8.57. The minimum absolute atomic E-state index is 1.28. The molecular formula is C84H92N4+4. The van der Waals surface area contributed by atoms with E-state index in [0.29, 0.717) is 0 Å². The summed E-state index contributed by atoms with van der Waals surface area (Å²) in [6.07, 6.45) is 6.29. The van der Waals surface area contributed by atoms with Crippen molar-refractivity contribution >= 4 is 64.8 Å². The van der Waals surface area contributed by atoms with Crippen molar-refractivity contribution in [1.29, 1.82) is 0 Å². The molecule has 0 aliphatic heterocycles. The number of para-hydroxylation sites is 1. The predicted molar refractivity (Wildman–Crippen MR) is 378 cm³/mol. The summed E-state index contributed by atoms with van der Waals surface area (Å²) in [5, 5.41) is 14.6. The summed E-state index contributed by atoms with van der Waals surface area (Å²) in [7, 11) is 8.27. The molecule has 4 heteroatoms. The first-order valence-electron chi connectivity index (χ1n) is 30.6. The molecule has 0 spiro atoms. The SMILES string of the molecule is Cc1c2ccccc2cc[n+]1C.Cc1cc2ccccc2c[n+]1C.Cc1cc2ccccc2cc1C.Cc1ccc2ccccc2[n+]1C.Cc1ccc2ccccc2c1C.Cc1ccc2ccccc2c1C.Cc1cccc[n+]1C.Cc1ccccc1C. The summed E-state index contributed by atoms with van der Waals surface area (Å²) in [6, 6.07) is 87.1. The average Bonchev–Trinajstić information content (AvgIpc) is 3.73. The minimum Gasteiger partial charge on any atom is -0.205 e. The number of rotatable bonds is 0. The van der Waals surface area contributed by atoms with E-state index in [4.69, 9.17) is 0 Å². The minimum atomic E-state index is 1.28. The number of pyridine rings is 4. The van der Waals surface area contributed by atoms with Gasteiger partial charge in [-0.05, 0) is 167 Å². The highest BCUT2D eigenvalue weighted by atomic mass is 14.9. The van der Waals surface area contributed by atoms with Crippen molar-refractivity contribution in [2.24, 2.45) is 28.2 Å². The van der Waals surface area contributed by atoms with Crippen LogP contribution in [-0.2, 0) is 28.2 Å². The van der Waals surface area contributed by atoms with Gasteiger partial charge in [0.25, 0.3) is 0 Å². The molecule has 10 aromatic carbocycles. The molecule has 0 atom stereocenters. The molecule has 4 nitrogen and oxygen atoms in total. The van der Waals surface area contributed by atoms with Gasteiger partial charge in [-0.3, -0.25) is 0 Å². The van der Waals surface area contributed by atoms with E-state index in [-0.39, 0.29) is 0 Å². The number of hydrogen-bond donors (Lipinski definition) is 0. The molecule has 0 aliphatic rings. The fraction of sp³-hybridized carbons (Fsp3) is 0.190. The summed E-state index contributed by atoms with van der Waals surface area (Å²) >= 11 is 0. The quantitative estimate of drug-likeness (QED) is 0.135. The molecule has 0 radical (unpaired) electrons. The number of nitrogens with zero attached hydrogens (tertiary/aromatic N) is 4. The molecule has 0 amide bonds. The molecule has 0 fully saturated rings. The van der Waals surface area contributed by atoms with Crippen LogP contribution in [0.3, 0.4) is 0 Å². The monoisotopic (exact) mass is 1160 g/mol. The van der Waals surface area contributed by atoms with Gasteiger partial charge in [-0.2, -0.15) is 4.57 Å². The number of benzene rings is 10. The van der Waals surface area contributed by atoms with Crippen molar-refractivity contribution in [3.63, 3.8) is 0 Å². The van der Waals surface area contributed by atoms with Gasteiger partial charge in [-0.25, -0.2) is 13.7 Å². The lowest BCUT2D eigenvalue weighted by Gasteiger charge is -2.04. The van der Waals surface area contributed by atoms with Crippen LogP contribution in [0.5, 0.6) is 0 Å². The number of hydrogen-bond acceptors (Lipinski definition) is 0. The molecule has 14 rings (SSSR count). The van der Waals surface area contributed by atoms with E-state index in [1.54, 1.807) is 0 Å². The Balaban J connectivity index is 0.000000144. The van der Waals surface area contributed by atoms with Crippen LogP contribution >= 0.6 is 0 Å². The zero-order valence-corrected chi connectivity index (χ0v) is 55.2. The highest BCUT2D eigenvalue weighted by Gasteiger charge is 2.07. The average molecular weight is 1160 g/mol. The van der Waals surface area contributed by atoms with Crippen LogP contribution in [0.1, 0.15) is 67.3 Å². The Kier molecular flexibility index (Phi) is 24.1. The Labute approximate surface area is 526 Å². The molecule has 0 aliphatic carbocycles. The van der Waals surface area contributed by atoms with E-state index < -0.39 is 0 Å². The van der Waals surface area contributed by atoms with Gasteiger partial charge in [0.05, 0.1) is 0 Å². The molecule has 0 bridgehead atoms. The Hall–Kier alpha value is -9.64. The lowest BCUT2D eigenvalue weighted by Crippen LogP contribution is -2.32. The second-order valence-electron chi connectivity index (χ2n) is 23.1. The van der Waals surface area contributed by atoms with E-state index in [1.807, 2.05) is 25.4 Å². The van der Waals surface area contributed by atoms with Gasteiger partial charge in [0.15, 0.2) is 41.4 Å². The summed E-state index contributed by atoms with van der Waals surface area (Å²) in [4.78, 5) is 0. The summed E-state index contributed by atoms with van der Waals surface area (Å²) in [5.41, 5.74) is 17.5. The second kappa shape index (κ2) is 32.2. The lowest BCUT2D eigenvalue weighted by atomic mass is 10.0. The van der Waals surface area contributed by atoms with Crippen LogP contribution in [0.15, 0.2) is 267 Å². The maximum absolute atomic E-state index is 2.24. The van der Waals surface area contributed by atoms with Crippen molar-refractivity contribution < 1.29 is 18.3 Å². The van der Waals surface area contributed by atoms with Gasteiger partial charge in [0.2, 0.25) is 5.52 Å². The normalized spacial score (nSPS) is 10.3. The summed E-state index contributed by atoms with van der Waals surface area (Å²) in [5.74, 6) is 0. The Morgan fingerprint density at radius 3 is 1.10 bits per heavy atom. The van der Waals surface area contributed by atoms with Gasteiger partial charge < -0.3 is 0 Å². The van der Waals surface area contributed by atoms with Crippen LogP contribution < -0.4 is 18.3 Å². The van der Waals surface area contributed by atoms with Gasteiger partial charge in [-0.1, -0.05) is 188 Å². The van der Waals surface area contributed by atoms with E-state index in [1.165, 1.54) is 132 Å². The Bertz CT molecular complexity index is 3980. The Morgan fingerprint density at radius 2 is 0.625 bits per heavy atom. The van der Waals surface area contributed by atoms with E-state index in [9.17, 15) is 0 Å². The molecule has 14 aromatic rings. The number of aromatic nitrogens is 4. The topological polar surface area (TPSA) is 15.5 Å². The van der Waals surface area contributed by atoms with Crippen molar-refractivity contribution in [1.82, 2.24) is 0 Å². The highest BCUT2D eigenvalue weighted by Crippen LogP contribution is 2.23. The molecule has 4 heterocycles. The third-order valence-electron chi connectivity index (χ3n) is 17.0. The highest BCUT2D eigenvalue weighted by molar-refractivity contribution is 5.88.